The third-order valence-electron chi connectivity index (χ3n) is 4.69. The Bertz CT molecular complexity index is 752. The maximum atomic E-state index is 12.9. The van der Waals surface area contributed by atoms with Crippen LogP contribution in [0.1, 0.15) is 30.5 Å². The number of nitrogens with zero attached hydrogens (tertiary/aromatic N) is 4. The number of carbonyl (C=O) groups is 1. The zero-order valence-corrected chi connectivity index (χ0v) is 14.4. The van der Waals surface area contributed by atoms with Gasteiger partial charge in [0.15, 0.2) is 12.4 Å². The molecular formula is C18H21FN4O3. The molecule has 2 aromatic rings. The van der Waals surface area contributed by atoms with E-state index in [1.165, 1.54) is 24.3 Å². The second kappa shape index (κ2) is 7.41. The highest BCUT2D eigenvalue weighted by Crippen LogP contribution is 2.38. The summed E-state index contributed by atoms with van der Waals surface area (Å²) in [6.07, 6.45) is 2.31. The van der Waals surface area contributed by atoms with E-state index in [9.17, 15) is 9.18 Å². The van der Waals surface area contributed by atoms with Crippen LogP contribution in [0.4, 0.5) is 4.39 Å². The highest BCUT2D eigenvalue weighted by molar-refractivity contribution is 5.77. The van der Waals surface area contributed by atoms with Crippen LogP contribution in [-0.2, 0) is 11.3 Å². The largest absolute Gasteiger partial charge is 0.484 e. The predicted molar refractivity (Wildman–Crippen MR) is 90.0 cm³/mol. The molecule has 1 aliphatic heterocycles. The lowest BCUT2D eigenvalue weighted by molar-refractivity contribution is -0.135. The molecule has 2 aliphatic rings. The van der Waals surface area contributed by atoms with E-state index in [1.54, 1.807) is 4.90 Å². The van der Waals surface area contributed by atoms with Gasteiger partial charge in [0.05, 0.1) is 6.54 Å². The molecule has 0 N–H and O–H groups in total. The smallest absolute Gasteiger partial charge is 0.260 e. The Morgan fingerprint density at radius 1 is 1.19 bits per heavy atom. The van der Waals surface area contributed by atoms with Crippen LogP contribution in [0.2, 0.25) is 0 Å². The number of amides is 1. The number of aromatic nitrogens is 2. The molecule has 0 atom stereocenters. The van der Waals surface area contributed by atoms with Gasteiger partial charge in [0.2, 0.25) is 5.89 Å². The molecule has 0 radical (unpaired) electrons. The van der Waals surface area contributed by atoms with Gasteiger partial charge in [-0.3, -0.25) is 9.69 Å². The van der Waals surface area contributed by atoms with Crippen LogP contribution in [-0.4, -0.2) is 58.6 Å². The van der Waals surface area contributed by atoms with Crippen molar-refractivity contribution < 1.29 is 18.4 Å². The third-order valence-corrected chi connectivity index (χ3v) is 4.69. The maximum absolute atomic E-state index is 12.9. The summed E-state index contributed by atoms with van der Waals surface area (Å²) in [5.74, 6) is 2.05. The molecule has 2 fully saturated rings. The molecule has 0 unspecified atom stereocenters. The van der Waals surface area contributed by atoms with Gasteiger partial charge < -0.3 is 14.2 Å². The van der Waals surface area contributed by atoms with Crippen LogP contribution in [0.3, 0.4) is 0 Å². The SMILES string of the molecule is O=C(COc1ccc(F)cc1)N1CCN(Cc2nc(C3CC3)no2)CC1. The number of piperazine rings is 1. The summed E-state index contributed by atoms with van der Waals surface area (Å²) in [5.41, 5.74) is 0. The second-order valence-corrected chi connectivity index (χ2v) is 6.72. The number of hydrogen-bond donors (Lipinski definition) is 0. The van der Waals surface area contributed by atoms with Gasteiger partial charge in [0.1, 0.15) is 11.6 Å². The lowest BCUT2D eigenvalue weighted by Gasteiger charge is -2.33. The van der Waals surface area contributed by atoms with Crippen molar-refractivity contribution in [3.63, 3.8) is 0 Å². The van der Waals surface area contributed by atoms with Crippen molar-refractivity contribution in [3.8, 4) is 5.75 Å². The van der Waals surface area contributed by atoms with E-state index in [0.29, 0.717) is 37.2 Å². The Labute approximate surface area is 150 Å². The molecular weight excluding hydrogens is 339 g/mol. The first kappa shape index (κ1) is 17.0. The van der Waals surface area contributed by atoms with Crippen molar-refractivity contribution in [3.05, 3.63) is 41.8 Å². The molecule has 1 amide bonds. The van der Waals surface area contributed by atoms with E-state index in [4.69, 9.17) is 9.26 Å². The van der Waals surface area contributed by atoms with Gasteiger partial charge in [-0.1, -0.05) is 5.16 Å². The van der Waals surface area contributed by atoms with E-state index < -0.39 is 0 Å². The minimum absolute atomic E-state index is 0.0416. The van der Waals surface area contributed by atoms with Crippen molar-refractivity contribution in [1.82, 2.24) is 19.9 Å². The number of ether oxygens (including phenoxy) is 1. The first-order valence-electron chi connectivity index (χ1n) is 8.88. The lowest BCUT2D eigenvalue weighted by atomic mass is 10.3. The van der Waals surface area contributed by atoms with Crippen LogP contribution in [0.15, 0.2) is 28.8 Å². The van der Waals surface area contributed by atoms with Crippen molar-refractivity contribution in [2.45, 2.75) is 25.3 Å². The Morgan fingerprint density at radius 2 is 1.92 bits per heavy atom. The highest BCUT2D eigenvalue weighted by Gasteiger charge is 2.29. The summed E-state index contributed by atoms with van der Waals surface area (Å²) in [7, 11) is 0. The molecule has 138 valence electrons. The van der Waals surface area contributed by atoms with Gasteiger partial charge in [-0.2, -0.15) is 4.98 Å². The summed E-state index contributed by atoms with van der Waals surface area (Å²) in [6.45, 7) is 3.35. The zero-order valence-electron chi connectivity index (χ0n) is 14.4. The summed E-state index contributed by atoms with van der Waals surface area (Å²) >= 11 is 0. The Hall–Kier alpha value is -2.48. The Balaban J connectivity index is 1.21. The molecule has 1 saturated heterocycles. The highest BCUT2D eigenvalue weighted by atomic mass is 19.1. The topological polar surface area (TPSA) is 71.7 Å². The fourth-order valence-electron chi connectivity index (χ4n) is 2.95. The van der Waals surface area contributed by atoms with Gasteiger partial charge in [-0.15, -0.1) is 0 Å². The van der Waals surface area contributed by atoms with Gasteiger partial charge in [0.25, 0.3) is 5.91 Å². The number of hydrogen-bond acceptors (Lipinski definition) is 6. The van der Waals surface area contributed by atoms with E-state index >= 15 is 0 Å². The molecule has 4 rings (SSSR count). The monoisotopic (exact) mass is 360 g/mol. The van der Waals surface area contributed by atoms with Crippen molar-refractivity contribution in [2.75, 3.05) is 32.8 Å². The van der Waals surface area contributed by atoms with Crippen LogP contribution in [0.25, 0.3) is 0 Å². The number of halogens is 1. The minimum Gasteiger partial charge on any atom is -0.484 e. The fraction of sp³-hybridized carbons (Fsp3) is 0.500. The normalized spacial score (nSPS) is 18.1. The number of carbonyl (C=O) groups excluding carboxylic acids is 1. The molecule has 1 aromatic carbocycles. The maximum Gasteiger partial charge on any atom is 0.260 e. The van der Waals surface area contributed by atoms with Gasteiger partial charge in [0, 0.05) is 32.1 Å². The molecule has 0 bridgehead atoms. The summed E-state index contributed by atoms with van der Waals surface area (Å²) in [5, 5.41) is 4.03. The summed E-state index contributed by atoms with van der Waals surface area (Å²) in [4.78, 5) is 20.7. The first-order chi connectivity index (χ1) is 12.7. The van der Waals surface area contributed by atoms with E-state index in [1.807, 2.05) is 0 Å². The summed E-state index contributed by atoms with van der Waals surface area (Å²) in [6, 6.07) is 5.65. The van der Waals surface area contributed by atoms with Gasteiger partial charge >= 0.3 is 0 Å². The molecule has 2 heterocycles. The molecule has 1 aromatic heterocycles. The predicted octanol–water partition coefficient (Wildman–Crippen LogP) is 1.81. The third kappa shape index (κ3) is 4.19. The molecule has 1 saturated carbocycles. The number of benzene rings is 1. The Morgan fingerprint density at radius 3 is 2.62 bits per heavy atom. The molecule has 26 heavy (non-hydrogen) atoms. The average molecular weight is 360 g/mol. The Kier molecular flexibility index (Phi) is 4.83. The standard InChI is InChI=1S/C18H21FN4O3/c19-14-3-5-15(6-4-14)25-12-17(24)23-9-7-22(8-10-23)11-16-20-18(21-26-16)13-1-2-13/h3-6,13H,1-2,7-12H2. The quantitative estimate of drug-likeness (QED) is 0.782. The second-order valence-electron chi connectivity index (χ2n) is 6.72. The lowest BCUT2D eigenvalue weighted by Crippen LogP contribution is -2.49. The van der Waals surface area contributed by atoms with Crippen LogP contribution < -0.4 is 4.74 Å². The van der Waals surface area contributed by atoms with Gasteiger partial charge in [-0.25, -0.2) is 4.39 Å². The average Bonchev–Trinajstić information content (AvgIpc) is 3.41. The molecule has 1 aliphatic carbocycles. The number of rotatable bonds is 6. The van der Waals surface area contributed by atoms with E-state index in [0.717, 1.165) is 31.8 Å². The van der Waals surface area contributed by atoms with Crippen LogP contribution >= 0.6 is 0 Å². The molecule has 8 heteroatoms. The summed E-state index contributed by atoms with van der Waals surface area (Å²) < 4.78 is 23.6. The van der Waals surface area contributed by atoms with Crippen molar-refractivity contribution in [1.29, 1.82) is 0 Å². The van der Waals surface area contributed by atoms with E-state index in [-0.39, 0.29) is 18.3 Å². The molecule has 7 nitrogen and oxygen atoms in total. The zero-order chi connectivity index (χ0) is 17.9. The van der Waals surface area contributed by atoms with Crippen molar-refractivity contribution >= 4 is 5.91 Å². The van der Waals surface area contributed by atoms with Crippen molar-refractivity contribution in [2.24, 2.45) is 0 Å². The van der Waals surface area contributed by atoms with Crippen LogP contribution in [0, 0.1) is 5.82 Å². The van der Waals surface area contributed by atoms with Gasteiger partial charge in [-0.05, 0) is 37.1 Å². The minimum atomic E-state index is -0.328. The van der Waals surface area contributed by atoms with E-state index in [2.05, 4.69) is 15.0 Å². The molecule has 0 spiro atoms. The van der Waals surface area contributed by atoms with Crippen LogP contribution in [0.5, 0.6) is 5.75 Å². The first-order valence-corrected chi connectivity index (χ1v) is 8.88. The fourth-order valence-corrected chi connectivity index (χ4v) is 2.95.